The lowest BCUT2D eigenvalue weighted by Gasteiger charge is -2.29. The Kier molecular flexibility index (Phi) is 6.61. The fraction of sp³-hybridized carbons (Fsp3) is 0.571. The fourth-order valence-corrected chi connectivity index (χ4v) is 3.95. The maximum absolute atomic E-state index is 12.6. The molecule has 1 heterocycles. The highest BCUT2D eigenvalue weighted by Gasteiger charge is 2.31. The van der Waals surface area contributed by atoms with E-state index in [9.17, 15) is 19.5 Å². The van der Waals surface area contributed by atoms with Gasteiger partial charge in [0.1, 0.15) is 11.6 Å². The molecule has 1 aromatic carbocycles. The van der Waals surface area contributed by atoms with Gasteiger partial charge < -0.3 is 10.4 Å². The number of nitrogens with one attached hydrogen (secondary N) is 1. The molecule has 29 heavy (non-hydrogen) atoms. The van der Waals surface area contributed by atoms with Crippen LogP contribution in [0.25, 0.3) is 10.9 Å². The number of aliphatic carboxylic acids is 1. The number of hydrogen-bond acceptors (Lipinski definition) is 5. The zero-order valence-corrected chi connectivity index (χ0v) is 16.9. The van der Waals surface area contributed by atoms with E-state index >= 15 is 0 Å². The lowest BCUT2D eigenvalue weighted by atomic mass is 9.81. The Balaban J connectivity index is 1.58. The van der Waals surface area contributed by atoms with Crippen molar-refractivity contribution in [3.63, 3.8) is 0 Å². The zero-order valence-electron chi connectivity index (χ0n) is 16.9. The number of carboxylic acid groups (broad SMARTS) is 1. The molecule has 1 aromatic heterocycles. The molecule has 8 heteroatoms. The summed E-state index contributed by atoms with van der Waals surface area (Å²) < 4.78 is 1.41. The van der Waals surface area contributed by atoms with Crippen molar-refractivity contribution >= 4 is 22.8 Å². The second-order valence-electron chi connectivity index (χ2n) is 8.02. The first-order valence-corrected chi connectivity index (χ1v) is 10.3. The normalized spacial score (nSPS) is 21.4. The summed E-state index contributed by atoms with van der Waals surface area (Å²) in [5, 5.41) is 20.8. The third-order valence-corrected chi connectivity index (χ3v) is 6.05. The molecule has 1 unspecified atom stereocenters. The number of carbonyl (C=O) groups is 2. The molecule has 0 bridgehead atoms. The zero-order chi connectivity index (χ0) is 21.0. The maximum Gasteiger partial charge on any atom is 0.326 e. The molecule has 8 nitrogen and oxygen atoms in total. The summed E-state index contributed by atoms with van der Waals surface area (Å²) in [5.74, 6) is -1.23. The van der Waals surface area contributed by atoms with Gasteiger partial charge in [-0.05, 0) is 49.7 Å². The number of carboxylic acids is 1. The average molecular weight is 400 g/mol. The van der Waals surface area contributed by atoms with E-state index in [1.165, 1.54) is 4.68 Å². The number of fused-ring (bicyclic) bond motifs is 1. The van der Waals surface area contributed by atoms with Crippen molar-refractivity contribution < 1.29 is 14.7 Å². The highest BCUT2D eigenvalue weighted by molar-refractivity contribution is 5.85. The molecule has 156 valence electrons. The Morgan fingerprint density at radius 2 is 1.93 bits per heavy atom. The molecule has 1 saturated carbocycles. The number of hydrogen-bond donors (Lipinski definition) is 2. The lowest BCUT2D eigenvalue weighted by Crippen LogP contribution is -2.47. The minimum Gasteiger partial charge on any atom is -0.480 e. The smallest absolute Gasteiger partial charge is 0.326 e. The van der Waals surface area contributed by atoms with Crippen molar-refractivity contribution in [1.29, 1.82) is 0 Å². The van der Waals surface area contributed by atoms with Gasteiger partial charge in [-0.3, -0.25) is 9.59 Å². The van der Waals surface area contributed by atoms with Crippen LogP contribution in [0.15, 0.2) is 29.1 Å². The molecule has 1 amide bonds. The number of nitrogens with zero attached hydrogens (tertiary/aromatic N) is 3. The first-order chi connectivity index (χ1) is 13.9. The summed E-state index contributed by atoms with van der Waals surface area (Å²) in [7, 11) is 0. The quantitative estimate of drug-likeness (QED) is 0.736. The van der Waals surface area contributed by atoms with Crippen LogP contribution >= 0.6 is 0 Å². The van der Waals surface area contributed by atoms with E-state index in [0.29, 0.717) is 36.7 Å². The molecule has 2 N–H and O–H groups in total. The number of amides is 1. The van der Waals surface area contributed by atoms with E-state index in [2.05, 4.69) is 15.6 Å². The molecular weight excluding hydrogens is 372 g/mol. The van der Waals surface area contributed by atoms with Crippen molar-refractivity contribution in [3.05, 3.63) is 34.6 Å². The minimum atomic E-state index is -0.990. The van der Waals surface area contributed by atoms with Crippen LogP contribution in [0, 0.1) is 17.8 Å². The van der Waals surface area contributed by atoms with Gasteiger partial charge in [0, 0.05) is 12.5 Å². The summed E-state index contributed by atoms with van der Waals surface area (Å²) in [6, 6.07) is 6.30. The molecule has 2 aromatic rings. The maximum atomic E-state index is 12.6. The van der Waals surface area contributed by atoms with E-state index in [1.807, 2.05) is 26.0 Å². The average Bonchev–Trinajstić information content (AvgIpc) is 2.73. The van der Waals surface area contributed by atoms with Gasteiger partial charge in [-0.1, -0.05) is 37.6 Å². The highest BCUT2D eigenvalue weighted by atomic mass is 16.4. The van der Waals surface area contributed by atoms with Gasteiger partial charge >= 0.3 is 5.97 Å². The SMILES string of the molecule is CCC(C)[C@H](NC(=O)C1CCC(Cn2nnc3ccccc3c2=O)CC1)C(=O)O. The van der Waals surface area contributed by atoms with Gasteiger partial charge in [-0.25, -0.2) is 9.48 Å². The second kappa shape index (κ2) is 9.15. The molecule has 0 aliphatic heterocycles. The summed E-state index contributed by atoms with van der Waals surface area (Å²) in [6.45, 7) is 4.23. The number of aromatic nitrogens is 3. The van der Waals surface area contributed by atoms with Crippen LogP contribution in [0.1, 0.15) is 46.0 Å². The Morgan fingerprint density at radius 3 is 2.59 bits per heavy atom. The molecule has 0 radical (unpaired) electrons. The van der Waals surface area contributed by atoms with E-state index in [-0.39, 0.29) is 29.2 Å². The molecular formula is C21H28N4O4. The van der Waals surface area contributed by atoms with Gasteiger partial charge in [0.25, 0.3) is 5.56 Å². The van der Waals surface area contributed by atoms with Crippen LogP contribution in [0.4, 0.5) is 0 Å². The monoisotopic (exact) mass is 400 g/mol. The minimum absolute atomic E-state index is 0.119. The molecule has 0 saturated heterocycles. The number of benzene rings is 1. The van der Waals surface area contributed by atoms with Gasteiger partial charge in [-0.2, -0.15) is 0 Å². The Morgan fingerprint density at radius 1 is 1.24 bits per heavy atom. The topological polar surface area (TPSA) is 114 Å². The van der Waals surface area contributed by atoms with Gasteiger partial charge in [0.2, 0.25) is 5.91 Å². The van der Waals surface area contributed by atoms with Crippen LogP contribution in [0.3, 0.4) is 0 Å². The molecule has 1 fully saturated rings. The van der Waals surface area contributed by atoms with Crippen molar-refractivity contribution in [1.82, 2.24) is 20.3 Å². The van der Waals surface area contributed by atoms with E-state index in [4.69, 9.17) is 0 Å². The first-order valence-electron chi connectivity index (χ1n) is 10.3. The molecule has 2 atom stereocenters. The van der Waals surface area contributed by atoms with Crippen molar-refractivity contribution in [3.8, 4) is 0 Å². The first kappa shape index (κ1) is 21.0. The Bertz CT molecular complexity index is 934. The molecule has 1 aliphatic rings. The largest absolute Gasteiger partial charge is 0.480 e. The van der Waals surface area contributed by atoms with Gasteiger partial charge in [0.15, 0.2) is 0 Å². The van der Waals surface area contributed by atoms with Gasteiger partial charge in [-0.15, -0.1) is 5.10 Å². The summed E-state index contributed by atoms with van der Waals surface area (Å²) in [5.41, 5.74) is 0.441. The Hall–Kier alpha value is -2.77. The molecule has 1 aliphatic carbocycles. The highest BCUT2D eigenvalue weighted by Crippen LogP contribution is 2.30. The van der Waals surface area contributed by atoms with Crippen LogP contribution in [-0.2, 0) is 16.1 Å². The van der Waals surface area contributed by atoms with Gasteiger partial charge in [0.05, 0.1) is 5.39 Å². The predicted molar refractivity (Wildman–Crippen MR) is 108 cm³/mol. The van der Waals surface area contributed by atoms with Crippen LogP contribution in [0.5, 0.6) is 0 Å². The third kappa shape index (κ3) is 4.81. The summed E-state index contributed by atoms with van der Waals surface area (Å²) in [4.78, 5) is 36.6. The van der Waals surface area contributed by atoms with E-state index in [1.54, 1.807) is 12.1 Å². The lowest BCUT2D eigenvalue weighted by molar-refractivity contribution is -0.144. The van der Waals surface area contributed by atoms with Crippen LogP contribution in [0.2, 0.25) is 0 Å². The van der Waals surface area contributed by atoms with Crippen LogP contribution < -0.4 is 10.9 Å². The van der Waals surface area contributed by atoms with E-state index in [0.717, 1.165) is 12.8 Å². The van der Waals surface area contributed by atoms with Crippen LogP contribution in [-0.4, -0.2) is 38.0 Å². The molecule has 0 spiro atoms. The number of rotatable bonds is 7. The summed E-state index contributed by atoms with van der Waals surface area (Å²) in [6.07, 6.45) is 3.63. The molecule has 3 rings (SSSR count). The predicted octanol–water partition coefficient (Wildman–Crippen LogP) is 2.21. The summed E-state index contributed by atoms with van der Waals surface area (Å²) >= 11 is 0. The van der Waals surface area contributed by atoms with Crippen molar-refractivity contribution in [2.75, 3.05) is 0 Å². The third-order valence-electron chi connectivity index (χ3n) is 6.05. The number of carbonyl (C=O) groups excluding carboxylic acids is 1. The Labute approximate surface area is 169 Å². The van der Waals surface area contributed by atoms with Crippen molar-refractivity contribution in [2.45, 2.75) is 58.5 Å². The second-order valence-corrected chi connectivity index (χ2v) is 8.02. The van der Waals surface area contributed by atoms with E-state index < -0.39 is 12.0 Å². The van der Waals surface area contributed by atoms with Crippen molar-refractivity contribution in [2.24, 2.45) is 17.8 Å². The fourth-order valence-electron chi connectivity index (χ4n) is 3.95. The standard InChI is InChI=1S/C21H28N4O4/c1-3-13(2)18(21(28)29)22-19(26)15-10-8-14(9-11-15)12-25-20(27)16-6-4-5-7-17(16)23-24-25/h4-7,13-15,18H,3,8-12H2,1-2H3,(H,22,26)(H,28,29)/t13?,14?,15?,18-/m0/s1.